The van der Waals surface area contributed by atoms with Crippen molar-refractivity contribution < 1.29 is 19.7 Å². The molecule has 1 heterocycles. The van der Waals surface area contributed by atoms with Gasteiger partial charge in [0, 0.05) is 17.3 Å². The van der Waals surface area contributed by atoms with Crippen LogP contribution in [-0.2, 0) is 0 Å². The van der Waals surface area contributed by atoms with E-state index in [9.17, 15) is 15.0 Å². The highest BCUT2D eigenvalue weighted by molar-refractivity contribution is 6.12. The summed E-state index contributed by atoms with van der Waals surface area (Å²) in [5.41, 5.74) is 2.23. The van der Waals surface area contributed by atoms with Crippen LogP contribution in [0.2, 0.25) is 0 Å². The zero-order valence-electron chi connectivity index (χ0n) is 14.6. The number of nitrogens with zero attached hydrogens (tertiary/aromatic N) is 1. The molecule has 0 saturated carbocycles. The van der Waals surface area contributed by atoms with Crippen molar-refractivity contribution in [1.82, 2.24) is 0 Å². The van der Waals surface area contributed by atoms with E-state index in [1.165, 1.54) is 12.1 Å². The van der Waals surface area contributed by atoms with Gasteiger partial charge in [0.1, 0.15) is 23.4 Å². The molecular weight excluding hydrogens is 344 g/mol. The lowest BCUT2D eigenvalue weighted by atomic mass is 10.0. The van der Waals surface area contributed by atoms with Crippen LogP contribution in [-0.4, -0.2) is 23.2 Å². The van der Waals surface area contributed by atoms with Crippen LogP contribution in [0.25, 0.3) is 0 Å². The van der Waals surface area contributed by atoms with Crippen LogP contribution in [0.1, 0.15) is 22.1 Å². The molecule has 0 aromatic heterocycles. The van der Waals surface area contributed by atoms with Gasteiger partial charge in [-0.2, -0.15) is 0 Å². The number of hydrogen-bond donors (Lipinski definition) is 3. The van der Waals surface area contributed by atoms with Crippen LogP contribution >= 0.6 is 0 Å². The van der Waals surface area contributed by atoms with E-state index in [1.807, 2.05) is 24.3 Å². The first-order valence-corrected chi connectivity index (χ1v) is 8.44. The molecule has 0 fully saturated rings. The molecule has 6 heteroatoms. The second-order valence-corrected chi connectivity index (χ2v) is 6.18. The lowest BCUT2D eigenvalue weighted by Crippen LogP contribution is -2.43. The van der Waals surface area contributed by atoms with Crippen molar-refractivity contribution in [3.05, 3.63) is 77.9 Å². The molecule has 3 N–H and O–H groups in total. The monoisotopic (exact) mass is 362 g/mol. The fourth-order valence-corrected chi connectivity index (χ4v) is 3.31. The number of phenols is 2. The van der Waals surface area contributed by atoms with Crippen molar-refractivity contribution >= 4 is 17.3 Å². The number of para-hydroxylation sites is 3. The Balaban J connectivity index is 1.92. The van der Waals surface area contributed by atoms with Gasteiger partial charge in [-0.05, 0) is 36.4 Å². The number of amides is 1. The van der Waals surface area contributed by atoms with E-state index in [1.54, 1.807) is 42.3 Å². The van der Waals surface area contributed by atoms with Crippen molar-refractivity contribution in [2.24, 2.45) is 0 Å². The molecule has 0 spiro atoms. The molecule has 0 bridgehead atoms. The van der Waals surface area contributed by atoms with E-state index in [0.717, 1.165) is 0 Å². The minimum absolute atomic E-state index is 0.0531. The molecule has 4 rings (SSSR count). The third-order valence-corrected chi connectivity index (χ3v) is 4.58. The molecule has 3 aromatic carbocycles. The Kier molecular flexibility index (Phi) is 4.08. The SMILES string of the molecule is COc1ccccc1N1C(=O)c2ccccc2N[C@H]1c1ccc(O)cc1O. The maximum Gasteiger partial charge on any atom is 0.262 e. The minimum Gasteiger partial charge on any atom is -0.508 e. The molecule has 27 heavy (non-hydrogen) atoms. The fourth-order valence-electron chi connectivity index (χ4n) is 3.31. The van der Waals surface area contributed by atoms with Crippen molar-refractivity contribution in [3.63, 3.8) is 0 Å². The van der Waals surface area contributed by atoms with Crippen molar-refractivity contribution in [3.8, 4) is 17.2 Å². The third-order valence-electron chi connectivity index (χ3n) is 4.58. The van der Waals surface area contributed by atoms with Gasteiger partial charge in [0.2, 0.25) is 0 Å². The Hall–Kier alpha value is -3.67. The molecule has 1 aliphatic rings. The van der Waals surface area contributed by atoms with Crippen molar-refractivity contribution in [2.75, 3.05) is 17.3 Å². The minimum atomic E-state index is -0.677. The number of phenolic OH excluding ortho intramolecular Hbond substituents is 2. The number of hydrogen-bond acceptors (Lipinski definition) is 5. The van der Waals surface area contributed by atoms with Gasteiger partial charge in [-0.1, -0.05) is 24.3 Å². The molecular formula is C21H18N2O4. The zero-order valence-corrected chi connectivity index (χ0v) is 14.6. The lowest BCUT2D eigenvalue weighted by molar-refractivity contribution is 0.0974. The second kappa shape index (κ2) is 6.57. The summed E-state index contributed by atoms with van der Waals surface area (Å²) in [4.78, 5) is 14.9. The van der Waals surface area contributed by atoms with Gasteiger partial charge < -0.3 is 20.3 Å². The van der Waals surface area contributed by atoms with Crippen LogP contribution in [0.15, 0.2) is 66.7 Å². The third kappa shape index (κ3) is 2.81. The summed E-state index contributed by atoms with van der Waals surface area (Å²) in [6.07, 6.45) is -0.677. The Bertz CT molecular complexity index is 1020. The smallest absolute Gasteiger partial charge is 0.262 e. The summed E-state index contributed by atoms with van der Waals surface area (Å²) in [7, 11) is 1.54. The normalized spacial score (nSPS) is 15.8. The molecule has 0 saturated heterocycles. The van der Waals surface area contributed by atoms with Gasteiger partial charge in [-0.25, -0.2) is 0 Å². The molecule has 3 aromatic rings. The highest BCUT2D eigenvalue weighted by atomic mass is 16.5. The van der Waals surface area contributed by atoms with Crippen LogP contribution in [0.4, 0.5) is 11.4 Å². The van der Waals surface area contributed by atoms with Gasteiger partial charge in [-0.3, -0.25) is 9.69 Å². The average molecular weight is 362 g/mol. The molecule has 0 unspecified atom stereocenters. The highest BCUT2D eigenvalue weighted by Gasteiger charge is 2.36. The summed E-state index contributed by atoms with van der Waals surface area (Å²) >= 11 is 0. The Morgan fingerprint density at radius 2 is 1.74 bits per heavy atom. The first-order chi connectivity index (χ1) is 13.1. The molecule has 1 amide bonds. The summed E-state index contributed by atoms with van der Waals surface area (Å²) in [6.45, 7) is 0. The molecule has 0 aliphatic carbocycles. The van der Waals surface area contributed by atoms with E-state index in [0.29, 0.717) is 28.3 Å². The fraction of sp³-hybridized carbons (Fsp3) is 0.0952. The van der Waals surface area contributed by atoms with E-state index >= 15 is 0 Å². The molecule has 1 atom stereocenters. The summed E-state index contributed by atoms with van der Waals surface area (Å²) < 4.78 is 5.44. The number of fused-ring (bicyclic) bond motifs is 1. The molecule has 136 valence electrons. The first-order valence-electron chi connectivity index (χ1n) is 8.44. The number of aromatic hydroxyl groups is 2. The lowest BCUT2D eigenvalue weighted by Gasteiger charge is -2.38. The predicted molar refractivity (Wildman–Crippen MR) is 102 cm³/mol. The maximum absolute atomic E-state index is 13.3. The van der Waals surface area contributed by atoms with Crippen LogP contribution in [0, 0.1) is 0 Å². The maximum atomic E-state index is 13.3. The van der Waals surface area contributed by atoms with E-state index in [2.05, 4.69) is 5.32 Å². The topological polar surface area (TPSA) is 82.0 Å². The Morgan fingerprint density at radius 3 is 2.52 bits per heavy atom. The number of ether oxygens (including phenoxy) is 1. The van der Waals surface area contributed by atoms with E-state index < -0.39 is 6.17 Å². The Labute approximate surface area is 156 Å². The van der Waals surface area contributed by atoms with Gasteiger partial charge >= 0.3 is 0 Å². The summed E-state index contributed by atoms with van der Waals surface area (Å²) in [6, 6.07) is 18.7. The van der Waals surface area contributed by atoms with E-state index in [-0.39, 0.29) is 17.4 Å². The molecule has 6 nitrogen and oxygen atoms in total. The van der Waals surface area contributed by atoms with Gasteiger partial charge in [0.25, 0.3) is 5.91 Å². The standard InChI is InChI=1S/C21H18N2O4/c1-27-19-9-5-4-8-17(19)23-20(15-11-10-13(24)12-18(15)25)22-16-7-3-2-6-14(16)21(23)26/h2-12,20,22,24-25H,1H3/t20-/m1/s1. The van der Waals surface area contributed by atoms with Crippen LogP contribution in [0.5, 0.6) is 17.2 Å². The quantitative estimate of drug-likeness (QED) is 0.659. The number of methoxy groups -OCH3 is 1. The first kappa shape index (κ1) is 16.8. The van der Waals surface area contributed by atoms with Crippen LogP contribution in [0.3, 0.4) is 0 Å². The van der Waals surface area contributed by atoms with Crippen molar-refractivity contribution in [1.29, 1.82) is 0 Å². The highest BCUT2D eigenvalue weighted by Crippen LogP contribution is 2.42. The second-order valence-electron chi connectivity index (χ2n) is 6.18. The Morgan fingerprint density at radius 1 is 1.00 bits per heavy atom. The van der Waals surface area contributed by atoms with Crippen LogP contribution < -0.4 is 15.0 Å². The van der Waals surface area contributed by atoms with Gasteiger partial charge in [-0.15, -0.1) is 0 Å². The summed E-state index contributed by atoms with van der Waals surface area (Å²) in [5.74, 6) is 0.156. The number of anilines is 2. The largest absolute Gasteiger partial charge is 0.508 e. The number of benzene rings is 3. The molecule has 1 aliphatic heterocycles. The predicted octanol–water partition coefficient (Wildman–Crippen LogP) is 3.88. The zero-order chi connectivity index (χ0) is 19.0. The van der Waals surface area contributed by atoms with Gasteiger partial charge in [0.05, 0.1) is 18.4 Å². The number of carbonyl (C=O) groups excluding carboxylic acids is 1. The number of rotatable bonds is 3. The number of nitrogens with one attached hydrogen (secondary N) is 1. The summed E-state index contributed by atoms with van der Waals surface area (Å²) in [5, 5.41) is 23.3. The van der Waals surface area contributed by atoms with Crippen molar-refractivity contribution in [2.45, 2.75) is 6.17 Å². The number of carbonyl (C=O) groups is 1. The average Bonchev–Trinajstić information content (AvgIpc) is 2.68. The van der Waals surface area contributed by atoms with E-state index in [4.69, 9.17) is 4.74 Å². The molecule has 0 radical (unpaired) electrons. The van der Waals surface area contributed by atoms with Gasteiger partial charge in [0.15, 0.2) is 0 Å².